The summed E-state index contributed by atoms with van der Waals surface area (Å²) in [6.45, 7) is 12.2. The zero-order valence-corrected chi connectivity index (χ0v) is 13.4. The fraction of sp³-hybridized carbons (Fsp3) is 0.857. The van der Waals surface area contributed by atoms with Gasteiger partial charge >= 0.3 is 0 Å². The van der Waals surface area contributed by atoms with Crippen LogP contribution in [0.4, 0.5) is 0 Å². The van der Waals surface area contributed by atoms with Gasteiger partial charge in [0.1, 0.15) is 6.10 Å². The molecule has 0 aromatic heterocycles. The van der Waals surface area contributed by atoms with Crippen LogP contribution in [0.2, 0.25) is 18.1 Å². The summed E-state index contributed by atoms with van der Waals surface area (Å²) in [5, 5.41) is 9.09. The molecule has 18 heavy (non-hydrogen) atoms. The van der Waals surface area contributed by atoms with Crippen LogP contribution < -0.4 is 0 Å². The molecule has 106 valence electrons. The Morgan fingerprint density at radius 3 is 2.61 bits per heavy atom. The molecule has 0 amide bonds. The minimum Gasteiger partial charge on any atom is -0.411 e. The molecule has 1 aliphatic heterocycles. The van der Waals surface area contributed by atoms with Crippen LogP contribution in [-0.2, 0) is 9.16 Å². The molecule has 2 atom stereocenters. The Hall–Kier alpha value is -0.163. The zero-order valence-electron chi connectivity index (χ0n) is 12.4. The van der Waals surface area contributed by atoms with Crippen molar-refractivity contribution >= 4 is 8.32 Å². The molecular weight excluding hydrogens is 244 g/mol. The summed E-state index contributed by atoms with van der Waals surface area (Å²) in [5.74, 6) is 0. The first-order valence-electron chi connectivity index (χ1n) is 6.85. The molecule has 0 radical (unpaired) electrons. The Morgan fingerprint density at radius 2 is 2.06 bits per heavy atom. The van der Waals surface area contributed by atoms with E-state index < -0.39 is 8.32 Å². The first-order chi connectivity index (χ1) is 8.28. The highest BCUT2D eigenvalue weighted by molar-refractivity contribution is 6.74. The molecule has 0 aliphatic carbocycles. The standard InChI is InChI=1S/C14H28O3Si/c1-14(2,3)18(4,5)17-13-9-7-11-16-12(13)8-6-10-15/h6,8,12-13,15H,7,9-11H2,1-5H3/b8-6-/t12-,13+/m1/s1. The quantitative estimate of drug-likeness (QED) is 0.631. The van der Waals surface area contributed by atoms with Crippen LogP contribution in [0.1, 0.15) is 33.6 Å². The second kappa shape index (κ2) is 6.33. The lowest BCUT2D eigenvalue weighted by Gasteiger charge is -2.42. The smallest absolute Gasteiger partial charge is 0.192 e. The molecule has 4 heteroatoms. The average molecular weight is 272 g/mol. The summed E-state index contributed by atoms with van der Waals surface area (Å²) in [5.41, 5.74) is 0. The molecule has 0 unspecified atom stereocenters. The van der Waals surface area contributed by atoms with E-state index in [1.807, 2.05) is 6.08 Å². The highest BCUT2D eigenvalue weighted by Gasteiger charge is 2.41. The SMILES string of the molecule is CC(C)(C)[Si](C)(C)O[C@H]1CCCO[C@@H]1/C=C\CO. The molecule has 0 aromatic carbocycles. The maximum absolute atomic E-state index is 8.87. The Morgan fingerprint density at radius 1 is 1.39 bits per heavy atom. The summed E-state index contributed by atoms with van der Waals surface area (Å²) >= 11 is 0. The summed E-state index contributed by atoms with van der Waals surface area (Å²) in [6, 6.07) is 0. The molecule has 1 saturated heterocycles. The van der Waals surface area contributed by atoms with Gasteiger partial charge in [0.15, 0.2) is 8.32 Å². The van der Waals surface area contributed by atoms with Gasteiger partial charge in [0.25, 0.3) is 0 Å². The van der Waals surface area contributed by atoms with Crippen LogP contribution in [-0.4, -0.2) is 38.8 Å². The fourth-order valence-electron chi connectivity index (χ4n) is 1.83. The lowest BCUT2D eigenvalue weighted by atomic mass is 10.1. The first-order valence-corrected chi connectivity index (χ1v) is 9.76. The van der Waals surface area contributed by atoms with Crippen LogP contribution in [0.15, 0.2) is 12.2 Å². The number of rotatable bonds is 4. The van der Waals surface area contributed by atoms with Gasteiger partial charge in [-0.1, -0.05) is 32.9 Å². The van der Waals surface area contributed by atoms with Gasteiger partial charge in [-0.2, -0.15) is 0 Å². The maximum Gasteiger partial charge on any atom is 0.192 e. The van der Waals surface area contributed by atoms with Crippen LogP contribution >= 0.6 is 0 Å². The summed E-state index contributed by atoms with van der Waals surface area (Å²) in [7, 11) is -1.75. The Balaban J connectivity index is 2.70. The largest absolute Gasteiger partial charge is 0.411 e. The number of hydrogen-bond donors (Lipinski definition) is 1. The van der Waals surface area contributed by atoms with Crippen molar-refractivity contribution in [2.75, 3.05) is 13.2 Å². The van der Waals surface area contributed by atoms with E-state index in [0.29, 0.717) is 0 Å². The topological polar surface area (TPSA) is 38.7 Å². The van der Waals surface area contributed by atoms with E-state index in [4.69, 9.17) is 14.3 Å². The van der Waals surface area contributed by atoms with E-state index in [0.717, 1.165) is 19.4 Å². The van der Waals surface area contributed by atoms with Crippen LogP contribution in [0.5, 0.6) is 0 Å². The van der Waals surface area contributed by atoms with Gasteiger partial charge in [0.05, 0.1) is 12.7 Å². The van der Waals surface area contributed by atoms with Crippen molar-refractivity contribution < 1.29 is 14.3 Å². The highest BCUT2D eigenvalue weighted by Crippen LogP contribution is 2.38. The van der Waals surface area contributed by atoms with Crippen molar-refractivity contribution in [2.45, 2.75) is 64.0 Å². The third-order valence-corrected chi connectivity index (χ3v) is 8.50. The Bertz CT molecular complexity index is 281. The van der Waals surface area contributed by atoms with Crippen molar-refractivity contribution in [3.63, 3.8) is 0 Å². The van der Waals surface area contributed by atoms with Crippen molar-refractivity contribution in [1.29, 1.82) is 0 Å². The monoisotopic (exact) mass is 272 g/mol. The van der Waals surface area contributed by atoms with Crippen LogP contribution in [0.3, 0.4) is 0 Å². The number of aliphatic hydroxyl groups excluding tert-OH is 1. The average Bonchev–Trinajstić information content (AvgIpc) is 2.26. The number of aliphatic hydroxyl groups is 1. The third-order valence-electron chi connectivity index (χ3n) is 3.99. The van der Waals surface area contributed by atoms with Crippen molar-refractivity contribution in [2.24, 2.45) is 0 Å². The van der Waals surface area contributed by atoms with Crippen LogP contribution in [0, 0.1) is 0 Å². The molecule has 0 saturated carbocycles. The van der Waals surface area contributed by atoms with Gasteiger partial charge < -0.3 is 14.3 Å². The predicted octanol–water partition coefficient (Wildman–Crippen LogP) is 3.10. The number of hydrogen-bond acceptors (Lipinski definition) is 3. The third kappa shape index (κ3) is 4.19. The molecule has 3 nitrogen and oxygen atoms in total. The minimum atomic E-state index is -1.75. The Kier molecular flexibility index (Phi) is 5.59. The van der Waals surface area contributed by atoms with Gasteiger partial charge in [0.2, 0.25) is 0 Å². The maximum atomic E-state index is 8.87. The molecule has 1 rings (SSSR count). The highest BCUT2D eigenvalue weighted by atomic mass is 28.4. The molecule has 0 bridgehead atoms. The second-order valence-corrected chi connectivity index (χ2v) is 11.3. The molecule has 0 aromatic rings. The summed E-state index contributed by atoms with van der Waals surface area (Å²) in [4.78, 5) is 0. The van der Waals surface area contributed by atoms with Gasteiger partial charge in [0, 0.05) is 6.61 Å². The van der Waals surface area contributed by atoms with Crippen molar-refractivity contribution in [3.8, 4) is 0 Å². The van der Waals surface area contributed by atoms with E-state index in [2.05, 4.69) is 33.9 Å². The molecule has 1 N–H and O–H groups in total. The predicted molar refractivity (Wildman–Crippen MR) is 77.3 cm³/mol. The molecule has 1 aliphatic rings. The van der Waals surface area contributed by atoms with Gasteiger partial charge in [-0.15, -0.1) is 0 Å². The lowest BCUT2D eigenvalue weighted by Crippen LogP contribution is -2.48. The Labute approximate surface area is 112 Å². The first kappa shape index (κ1) is 15.9. The summed E-state index contributed by atoms with van der Waals surface area (Å²) < 4.78 is 12.2. The van der Waals surface area contributed by atoms with Gasteiger partial charge in [-0.3, -0.25) is 0 Å². The number of ether oxygens (including phenoxy) is 1. The molecular formula is C14H28O3Si. The van der Waals surface area contributed by atoms with Crippen molar-refractivity contribution in [1.82, 2.24) is 0 Å². The second-order valence-electron chi connectivity index (χ2n) is 6.50. The molecule has 1 heterocycles. The molecule has 1 fully saturated rings. The minimum absolute atomic E-state index is 0.0000231. The lowest BCUT2D eigenvalue weighted by molar-refractivity contribution is -0.0423. The van der Waals surface area contributed by atoms with E-state index in [-0.39, 0.29) is 23.9 Å². The van der Waals surface area contributed by atoms with E-state index >= 15 is 0 Å². The normalized spacial score (nSPS) is 26.8. The van der Waals surface area contributed by atoms with E-state index in [9.17, 15) is 0 Å². The van der Waals surface area contributed by atoms with Gasteiger partial charge in [-0.25, -0.2) is 0 Å². The fourth-order valence-corrected chi connectivity index (χ4v) is 3.19. The van der Waals surface area contributed by atoms with E-state index in [1.54, 1.807) is 6.08 Å². The van der Waals surface area contributed by atoms with E-state index in [1.165, 1.54) is 0 Å². The zero-order chi connectivity index (χ0) is 13.8. The van der Waals surface area contributed by atoms with Crippen LogP contribution in [0.25, 0.3) is 0 Å². The van der Waals surface area contributed by atoms with Crippen molar-refractivity contribution in [3.05, 3.63) is 12.2 Å². The summed E-state index contributed by atoms with van der Waals surface area (Å²) in [6.07, 6.45) is 5.94. The van der Waals surface area contributed by atoms with Gasteiger partial charge in [-0.05, 0) is 31.0 Å². The molecule has 0 spiro atoms.